The van der Waals surface area contributed by atoms with E-state index < -0.39 is 5.97 Å². The van der Waals surface area contributed by atoms with Crippen LogP contribution in [0.1, 0.15) is 47.7 Å². The number of carboxylic acids is 1. The third kappa shape index (κ3) is 2.12. The number of aryl methyl sites for hydroxylation is 1. The van der Waals surface area contributed by atoms with E-state index in [1.165, 1.54) is 0 Å². The maximum Gasteiger partial charge on any atom is 0.375 e. The number of hydrogen-bond acceptors (Lipinski definition) is 3. The molecule has 3 rings (SSSR count). The van der Waals surface area contributed by atoms with E-state index in [2.05, 4.69) is 17.0 Å². The second-order valence-electron chi connectivity index (χ2n) is 4.77. The zero-order valence-corrected chi connectivity index (χ0v) is 10.7. The van der Waals surface area contributed by atoms with Crippen molar-refractivity contribution in [2.45, 2.75) is 32.1 Å². The van der Waals surface area contributed by atoms with E-state index >= 15 is 0 Å². The highest BCUT2D eigenvalue weighted by atomic mass is 16.4. The molecule has 1 aromatic heterocycles. The Kier molecular flexibility index (Phi) is 2.81. The highest BCUT2D eigenvalue weighted by Gasteiger charge is 2.31. The topological polar surface area (TPSA) is 68.0 Å². The largest absolute Gasteiger partial charge is 0.475 e. The van der Waals surface area contributed by atoms with Crippen molar-refractivity contribution in [1.29, 1.82) is 0 Å². The molecule has 2 aromatic rings. The van der Waals surface area contributed by atoms with Gasteiger partial charge in [-0.25, -0.2) is 14.5 Å². The van der Waals surface area contributed by atoms with Gasteiger partial charge in [0.25, 0.3) is 5.82 Å². The van der Waals surface area contributed by atoms with Gasteiger partial charge in [0.05, 0.1) is 5.69 Å². The third-order valence-corrected chi connectivity index (χ3v) is 3.37. The maximum absolute atomic E-state index is 11.1. The molecule has 1 aromatic carbocycles. The number of nitrogens with zero attached hydrogens (tertiary/aromatic N) is 3. The Morgan fingerprint density at radius 1 is 1.42 bits per heavy atom. The van der Waals surface area contributed by atoms with Gasteiger partial charge in [0.2, 0.25) is 0 Å². The van der Waals surface area contributed by atoms with Crippen LogP contribution in [0.4, 0.5) is 0 Å². The van der Waals surface area contributed by atoms with Crippen molar-refractivity contribution in [2.75, 3.05) is 0 Å². The van der Waals surface area contributed by atoms with Crippen molar-refractivity contribution in [2.24, 2.45) is 0 Å². The fraction of sp³-hybridized carbons (Fsp3) is 0.357. The Hall–Kier alpha value is -2.17. The molecule has 0 atom stereocenters. The van der Waals surface area contributed by atoms with E-state index in [1.54, 1.807) is 4.68 Å². The van der Waals surface area contributed by atoms with Crippen molar-refractivity contribution >= 4 is 5.97 Å². The molecular formula is C14H15N3O2. The van der Waals surface area contributed by atoms with Gasteiger partial charge < -0.3 is 5.11 Å². The molecule has 0 spiro atoms. The Morgan fingerprint density at radius 2 is 2.16 bits per heavy atom. The molecule has 98 valence electrons. The summed E-state index contributed by atoms with van der Waals surface area (Å²) < 4.78 is 1.71. The predicted molar refractivity (Wildman–Crippen MR) is 69.7 cm³/mol. The maximum atomic E-state index is 11.1. The van der Waals surface area contributed by atoms with Crippen LogP contribution in [0.2, 0.25) is 0 Å². The Labute approximate surface area is 110 Å². The average molecular weight is 257 g/mol. The van der Waals surface area contributed by atoms with Crippen LogP contribution >= 0.6 is 0 Å². The van der Waals surface area contributed by atoms with E-state index in [0.717, 1.165) is 36.3 Å². The highest BCUT2D eigenvalue weighted by molar-refractivity contribution is 5.83. The van der Waals surface area contributed by atoms with Crippen molar-refractivity contribution in [1.82, 2.24) is 14.8 Å². The summed E-state index contributed by atoms with van der Waals surface area (Å²) in [6.07, 6.45) is 3.00. The van der Waals surface area contributed by atoms with Crippen LogP contribution in [0.25, 0.3) is 5.69 Å². The molecule has 19 heavy (non-hydrogen) atoms. The van der Waals surface area contributed by atoms with Crippen molar-refractivity contribution in [3.63, 3.8) is 0 Å². The molecule has 1 heterocycles. The molecular weight excluding hydrogens is 242 g/mol. The monoisotopic (exact) mass is 257 g/mol. The quantitative estimate of drug-likeness (QED) is 0.913. The number of rotatable bonds is 4. The first kappa shape index (κ1) is 11.9. The van der Waals surface area contributed by atoms with E-state index in [4.69, 9.17) is 5.11 Å². The lowest BCUT2D eigenvalue weighted by atomic mass is 10.1. The number of aromatic nitrogens is 3. The van der Waals surface area contributed by atoms with Crippen molar-refractivity contribution in [3.05, 3.63) is 41.5 Å². The summed E-state index contributed by atoms with van der Waals surface area (Å²) in [5.41, 5.74) is 2.08. The zero-order valence-electron chi connectivity index (χ0n) is 10.7. The molecule has 1 saturated carbocycles. The minimum Gasteiger partial charge on any atom is -0.475 e. The SMILES string of the molecule is CCc1ccccc1-n1nc(C(=O)O)nc1C1CC1. The second-order valence-corrected chi connectivity index (χ2v) is 4.77. The van der Waals surface area contributed by atoms with Crippen LogP contribution in [0.15, 0.2) is 24.3 Å². The lowest BCUT2D eigenvalue weighted by Crippen LogP contribution is -2.06. The van der Waals surface area contributed by atoms with Crippen molar-refractivity contribution in [3.8, 4) is 5.69 Å². The molecule has 0 amide bonds. The fourth-order valence-electron chi connectivity index (χ4n) is 2.21. The van der Waals surface area contributed by atoms with Gasteiger partial charge in [0.15, 0.2) is 0 Å². The predicted octanol–water partition coefficient (Wildman–Crippen LogP) is 2.41. The zero-order chi connectivity index (χ0) is 13.4. The number of carboxylic acid groups (broad SMARTS) is 1. The summed E-state index contributed by atoms with van der Waals surface area (Å²) in [7, 11) is 0. The summed E-state index contributed by atoms with van der Waals surface area (Å²) in [6.45, 7) is 2.07. The number of carbonyl (C=O) groups is 1. The molecule has 1 fully saturated rings. The van der Waals surface area contributed by atoms with Gasteiger partial charge in [-0.3, -0.25) is 0 Å². The molecule has 5 heteroatoms. The minimum absolute atomic E-state index is 0.118. The Morgan fingerprint density at radius 3 is 2.79 bits per heavy atom. The van der Waals surface area contributed by atoms with Gasteiger partial charge in [-0.2, -0.15) is 0 Å². The molecule has 1 N–H and O–H groups in total. The lowest BCUT2D eigenvalue weighted by molar-refractivity contribution is 0.0683. The number of benzene rings is 1. The number of aromatic carboxylic acids is 1. The summed E-state index contributed by atoms with van der Waals surface area (Å²) in [4.78, 5) is 15.2. The second kappa shape index (κ2) is 4.50. The van der Waals surface area contributed by atoms with Gasteiger partial charge in [0.1, 0.15) is 5.82 Å². The van der Waals surface area contributed by atoms with Crippen LogP contribution in [-0.2, 0) is 6.42 Å². The van der Waals surface area contributed by atoms with Crippen LogP contribution in [0.5, 0.6) is 0 Å². The first-order valence-corrected chi connectivity index (χ1v) is 6.49. The van der Waals surface area contributed by atoms with Gasteiger partial charge in [-0.05, 0) is 30.9 Å². The number of hydrogen-bond donors (Lipinski definition) is 1. The minimum atomic E-state index is -1.07. The van der Waals surface area contributed by atoms with Gasteiger partial charge in [0, 0.05) is 5.92 Å². The molecule has 5 nitrogen and oxygen atoms in total. The molecule has 0 saturated heterocycles. The average Bonchev–Trinajstić information content (AvgIpc) is 3.17. The molecule has 0 bridgehead atoms. The summed E-state index contributed by atoms with van der Waals surface area (Å²) in [5, 5.41) is 13.2. The molecule has 0 aliphatic heterocycles. The first-order valence-electron chi connectivity index (χ1n) is 6.49. The van der Waals surface area contributed by atoms with Crippen LogP contribution < -0.4 is 0 Å². The van der Waals surface area contributed by atoms with E-state index in [-0.39, 0.29) is 5.82 Å². The Bertz CT molecular complexity index is 629. The first-order chi connectivity index (χ1) is 9.20. The van der Waals surface area contributed by atoms with E-state index in [1.807, 2.05) is 24.3 Å². The Balaban J connectivity index is 2.15. The lowest BCUT2D eigenvalue weighted by Gasteiger charge is -2.09. The van der Waals surface area contributed by atoms with Gasteiger partial charge >= 0.3 is 5.97 Å². The van der Waals surface area contributed by atoms with Crippen LogP contribution in [0, 0.1) is 0 Å². The van der Waals surface area contributed by atoms with Crippen molar-refractivity contribution < 1.29 is 9.90 Å². The molecule has 0 unspecified atom stereocenters. The van der Waals surface area contributed by atoms with E-state index in [0.29, 0.717) is 5.92 Å². The highest BCUT2D eigenvalue weighted by Crippen LogP contribution is 2.40. The van der Waals surface area contributed by atoms with E-state index in [9.17, 15) is 4.79 Å². The molecule has 0 radical (unpaired) electrons. The summed E-state index contributed by atoms with van der Waals surface area (Å²) in [6, 6.07) is 7.92. The third-order valence-electron chi connectivity index (χ3n) is 3.37. The van der Waals surface area contributed by atoms with Gasteiger partial charge in [-0.1, -0.05) is 25.1 Å². The van der Waals surface area contributed by atoms with Crippen LogP contribution in [-0.4, -0.2) is 25.8 Å². The molecule has 1 aliphatic rings. The smallest absolute Gasteiger partial charge is 0.375 e. The van der Waals surface area contributed by atoms with Gasteiger partial charge in [-0.15, -0.1) is 5.10 Å². The normalized spacial score (nSPS) is 14.6. The molecule has 1 aliphatic carbocycles. The van der Waals surface area contributed by atoms with Crippen LogP contribution in [0.3, 0.4) is 0 Å². The standard InChI is InChI=1S/C14H15N3O2/c1-2-9-5-3-4-6-11(9)17-13(10-7-8-10)15-12(16-17)14(18)19/h3-6,10H,2,7-8H2,1H3,(H,18,19). The fourth-order valence-corrected chi connectivity index (χ4v) is 2.21. The summed E-state index contributed by atoms with van der Waals surface area (Å²) in [5.74, 6) is -0.0637. The number of para-hydroxylation sites is 1. The summed E-state index contributed by atoms with van der Waals surface area (Å²) >= 11 is 0.